The van der Waals surface area contributed by atoms with Crippen LogP contribution < -0.4 is 14.9 Å². The highest BCUT2D eigenvalue weighted by Crippen LogP contribution is 2.29. The number of ether oxygens (including phenoxy) is 2. The molecule has 0 aliphatic heterocycles. The summed E-state index contributed by atoms with van der Waals surface area (Å²) in [5.74, 6) is -0.343. The first-order valence-electron chi connectivity index (χ1n) is 10.3. The van der Waals surface area contributed by atoms with E-state index >= 15 is 0 Å². The lowest BCUT2D eigenvalue weighted by Gasteiger charge is -2.13. The van der Waals surface area contributed by atoms with Gasteiger partial charge in [-0.15, -0.1) is 0 Å². The molecule has 3 aromatic rings. The van der Waals surface area contributed by atoms with Crippen molar-refractivity contribution in [3.63, 3.8) is 0 Å². The van der Waals surface area contributed by atoms with E-state index in [-0.39, 0.29) is 0 Å². The van der Waals surface area contributed by atoms with Crippen LogP contribution in [0.4, 0.5) is 0 Å². The molecule has 0 radical (unpaired) electrons. The Hall–Kier alpha value is -4.62. The highest BCUT2D eigenvalue weighted by atomic mass is 16.5. The largest absolute Gasteiger partial charge is 0.490 e. The molecular formula is C26H22N4O3. The second kappa shape index (κ2) is 11.7. The Kier molecular flexibility index (Phi) is 8.16. The van der Waals surface area contributed by atoms with E-state index in [0.717, 1.165) is 5.56 Å². The van der Waals surface area contributed by atoms with Gasteiger partial charge in [-0.05, 0) is 53.9 Å². The molecule has 33 heavy (non-hydrogen) atoms. The number of benzene rings is 3. The van der Waals surface area contributed by atoms with Crippen molar-refractivity contribution in [2.45, 2.75) is 19.4 Å². The smallest absolute Gasteiger partial charge is 0.261 e. The molecule has 0 fully saturated rings. The minimum Gasteiger partial charge on any atom is -0.490 e. The van der Waals surface area contributed by atoms with Gasteiger partial charge in [0, 0.05) is 0 Å². The summed E-state index contributed by atoms with van der Waals surface area (Å²) in [6, 6.07) is 25.4. The standard InChI is InChI=1S/C26H22N4O3/c1-2-32-25-14-21(12-13-24(25)33-18-20-10-8-19(15-27)9-11-20)17-29-30-26(31)23(16-28)22-6-4-3-5-7-22/h3-14,17,23H,2,18H2,1H3,(H,30,31)/b29-17-/t23-/m1/s1. The normalized spacial score (nSPS) is 11.2. The lowest BCUT2D eigenvalue weighted by atomic mass is 10.0. The molecule has 7 heteroatoms. The molecule has 7 nitrogen and oxygen atoms in total. The van der Waals surface area contributed by atoms with Gasteiger partial charge in [-0.3, -0.25) is 4.79 Å². The van der Waals surface area contributed by atoms with Crippen LogP contribution in [0.3, 0.4) is 0 Å². The number of nitriles is 2. The average molecular weight is 438 g/mol. The average Bonchev–Trinajstić information content (AvgIpc) is 2.85. The maximum Gasteiger partial charge on any atom is 0.261 e. The number of hydrogen-bond acceptors (Lipinski definition) is 6. The molecule has 0 unspecified atom stereocenters. The third-order valence-corrected chi connectivity index (χ3v) is 4.66. The topological polar surface area (TPSA) is 108 Å². The number of hydrogen-bond donors (Lipinski definition) is 1. The van der Waals surface area contributed by atoms with Crippen LogP contribution in [0, 0.1) is 22.7 Å². The van der Waals surface area contributed by atoms with E-state index in [9.17, 15) is 10.1 Å². The first kappa shape index (κ1) is 23.1. The number of nitrogens with zero attached hydrogens (tertiary/aromatic N) is 3. The third kappa shape index (κ3) is 6.43. The van der Waals surface area contributed by atoms with E-state index in [4.69, 9.17) is 14.7 Å². The van der Waals surface area contributed by atoms with Gasteiger partial charge in [-0.25, -0.2) is 5.43 Å². The van der Waals surface area contributed by atoms with Gasteiger partial charge >= 0.3 is 0 Å². The summed E-state index contributed by atoms with van der Waals surface area (Å²) in [5.41, 5.74) is 5.23. The molecule has 0 aliphatic rings. The van der Waals surface area contributed by atoms with E-state index in [1.807, 2.05) is 31.2 Å². The van der Waals surface area contributed by atoms with E-state index < -0.39 is 11.8 Å². The molecule has 0 aromatic heterocycles. The highest BCUT2D eigenvalue weighted by molar-refractivity contribution is 5.88. The Morgan fingerprint density at radius 2 is 1.79 bits per heavy atom. The molecule has 0 bridgehead atoms. The summed E-state index contributed by atoms with van der Waals surface area (Å²) in [4.78, 5) is 12.3. The number of carbonyl (C=O) groups excluding carboxylic acids is 1. The molecule has 0 spiro atoms. The Morgan fingerprint density at radius 1 is 1.03 bits per heavy atom. The van der Waals surface area contributed by atoms with Gasteiger partial charge in [0.05, 0.1) is 30.5 Å². The molecule has 164 valence electrons. The number of carbonyl (C=O) groups is 1. The SMILES string of the molecule is CCOc1cc(/C=N\NC(=O)[C@H](C#N)c2ccccc2)ccc1OCc1ccc(C#N)cc1. The molecule has 0 aliphatic carbocycles. The Labute approximate surface area is 192 Å². The van der Waals surface area contributed by atoms with Crippen LogP contribution in [0.1, 0.15) is 35.1 Å². The van der Waals surface area contributed by atoms with Crippen molar-refractivity contribution in [3.8, 4) is 23.6 Å². The van der Waals surface area contributed by atoms with Crippen LogP contribution in [-0.4, -0.2) is 18.7 Å². The van der Waals surface area contributed by atoms with Crippen molar-refractivity contribution in [2.75, 3.05) is 6.61 Å². The van der Waals surface area contributed by atoms with Gasteiger partial charge in [-0.1, -0.05) is 42.5 Å². The fourth-order valence-corrected chi connectivity index (χ4v) is 2.99. The maximum atomic E-state index is 12.3. The summed E-state index contributed by atoms with van der Waals surface area (Å²) in [6.07, 6.45) is 1.48. The number of amides is 1. The maximum absolute atomic E-state index is 12.3. The van der Waals surface area contributed by atoms with Gasteiger partial charge in [-0.2, -0.15) is 15.6 Å². The number of nitrogens with one attached hydrogen (secondary N) is 1. The van der Waals surface area contributed by atoms with Crippen LogP contribution in [0.25, 0.3) is 0 Å². The predicted octanol–water partition coefficient (Wildman–Crippen LogP) is 4.29. The minimum absolute atomic E-state index is 0.324. The molecule has 0 heterocycles. The van der Waals surface area contributed by atoms with Crippen molar-refractivity contribution in [1.29, 1.82) is 10.5 Å². The van der Waals surface area contributed by atoms with Gasteiger partial charge < -0.3 is 9.47 Å². The van der Waals surface area contributed by atoms with Crippen LogP contribution in [0.2, 0.25) is 0 Å². The lowest BCUT2D eigenvalue weighted by molar-refractivity contribution is -0.121. The van der Waals surface area contributed by atoms with Crippen molar-refractivity contribution < 1.29 is 14.3 Å². The van der Waals surface area contributed by atoms with E-state index in [1.54, 1.807) is 54.6 Å². The van der Waals surface area contributed by atoms with E-state index in [0.29, 0.717) is 41.4 Å². The zero-order chi connectivity index (χ0) is 23.5. The summed E-state index contributed by atoms with van der Waals surface area (Å²) < 4.78 is 11.6. The first-order chi connectivity index (χ1) is 16.1. The van der Waals surface area contributed by atoms with Crippen molar-refractivity contribution in [2.24, 2.45) is 5.10 Å². The van der Waals surface area contributed by atoms with Crippen LogP contribution in [0.15, 0.2) is 77.9 Å². The zero-order valence-corrected chi connectivity index (χ0v) is 18.1. The minimum atomic E-state index is -0.944. The van der Waals surface area contributed by atoms with Crippen LogP contribution >= 0.6 is 0 Å². The predicted molar refractivity (Wildman–Crippen MR) is 124 cm³/mol. The second-order valence-corrected chi connectivity index (χ2v) is 6.94. The summed E-state index contributed by atoms with van der Waals surface area (Å²) >= 11 is 0. The molecule has 1 atom stereocenters. The van der Waals surface area contributed by atoms with Crippen molar-refractivity contribution in [3.05, 3.63) is 95.1 Å². The van der Waals surface area contributed by atoms with E-state index in [1.165, 1.54) is 6.21 Å². The Morgan fingerprint density at radius 3 is 2.45 bits per heavy atom. The van der Waals surface area contributed by atoms with Gasteiger partial charge in [0.2, 0.25) is 0 Å². The van der Waals surface area contributed by atoms with Crippen LogP contribution in [-0.2, 0) is 11.4 Å². The Bertz CT molecular complexity index is 1190. The van der Waals surface area contributed by atoms with Crippen molar-refractivity contribution >= 4 is 12.1 Å². The molecule has 1 N–H and O–H groups in total. The number of rotatable bonds is 9. The van der Waals surface area contributed by atoms with Gasteiger partial charge in [0.1, 0.15) is 6.61 Å². The molecule has 0 saturated carbocycles. The first-order valence-corrected chi connectivity index (χ1v) is 10.3. The fraction of sp³-hybridized carbons (Fsp3) is 0.154. The monoisotopic (exact) mass is 438 g/mol. The summed E-state index contributed by atoms with van der Waals surface area (Å²) in [7, 11) is 0. The van der Waals surface area contributed by atoms with E-state index in [2.05, 4.69) is 16.6 Å². The number of hydrazone groups is 1. The fourth-order valence-electron chi connectivity index (χ4n) is 2.99. The summed E-state index contributed by atoms with van der Waals surface area (Å²) in [5, 5.41) is 22.2. The second-order valence-electron chi connectivity index (χ2n) is 6.94. The van der Waals surface area contributed by atoms with Gasteiger partial charge in [0.15, 0.2) is 17.4 Å². The lowest BCUT2D eigenvalue weighted by Crippen LogP contribution is -2.24. The summed E-state index contributed by atoms with van der Waals surface area (Å²) in [6.45, 7) is 2.65. The van der Waals surface area contributed by atoms with Crippen LogP contribution in [0.5, 0.6) is 11.5 Å². The van der Waals surface area contributed by atoms with Crippen molar-refractivity contribution in [1.82, 2.24) is 5.43 Å². The molecule has 0 saturated heterocycles. The third-order valence-electron chi connectivity index (χ3n) is 4.66. The Balaban J connectivity index is 1.65. The molecule has 1 amide bonds. The molecule has 3 aromatic carbocycles. The molecular weight excluding hydrogens is 416 g/mol. The molecule has 3 rings (SSSR count). The quantitative estimate of drug-likeness (QED) is 0.396. The van der Waals surface area contributed by atoms with Gasteiger partial charge in [0.25, 0.3) is 5.91 Å². The highest BCUT2D eigenvalue weighted by Gasteiger charge is 2.19. The zero-order valence-electron chi connectivity index (χ0n) is 18.1.